The zero-order valence-corrected chi connectivity index (χ0v) is 19.7. The molecule has 1 aromatic heterocycles. The first kappa shape index (κ1) is 24.1. The van der Waals surface area contributed by atoms with Crippen LogP contribution in [0.15, 0.2) is 48.7 Å². The number of allylic oxidation sites excluding steroid dienone is 1. The van der Waals surface area contributed by atoms with Crippen molar-refractivity contribution >= 4 is 18.0 Å². The van der Waals surface area contributed by atoms with Crippen molar-refractivity contribution in [2.45, 2.75) is 33.3 Å². The van der Waals surface area contributed by atoms with Crippen LogP contribution >= 0.6 is 0 Å². The number of carbonyl (C=O) groups is 2. The summed E-state index contributed by atoms with van der Waals surface area (Å²) in [5, 5.41) is 11.9. The van der Waals surface area contributed by atoms with Gasteiger partial charge in [0.2, 0.25) is 5.91 Å². The number of hydrogen-bond donors (Lipinski definition) is 2. The zero-order chi connectivity index (χ0) is 24.5. The molecule has 4 rings (SSSR count). The number of aliphatic hydroxyl groups excluding tert-OH is 1. The second kappa shape index (κ2) is 9.66. The highest BCUT2D eigenvalue weighted by Crippen LogP contribution is 2.56. The first-order valence-electron chi connectivity index (χ1n) is 11.8. The van der Waals surface area contributed by atoms with Gasteiger partial charge in [-0.15, -0.1) is 0 Å². The van der Waals surface area contributed by atoms with Gasteiger partial charge in [-0.2, -0.15) is 0 Å². The van der Waals surface area contributed by atoms with Crippen molar-refractivity contribution in [2.75, 3.05) is 13.2 Å². The highest BCUT2D eigenvalue weighted by atomic mass is 19.1. The van der Waals surface area contributed by atoms with Crippen LogP contribution in [0.1, 0.15) is 32.9 Å². The highest BCUT2D eigenvalue weighted by Gasteiger charge is 2.66. The van der Waals surface area contributed by atoms with Crippen LogP contribution in [0, 0.1) is 34.9 Å². The number of rotatable bonds is 6. The number of carbonyl (C=O) groups excluding carboxylic acids is 2. The third-order valence-corrected chi connectivity index (χ3v) is 7.53. The zero-order valence-electron chi connectivity index (χ0n) is 19.7. The Bertz CT molecular complexity index is 1090. The fourth-order valence-electron chi connectivity index (χ4n) is 5.66. The summed E-state index contributed by atoms with van der Waals surface area (Å²) < 4.78 is 19.2. The number of fused-ring (bicyclic) bond motifs is 1. The van der Waals surface area contributed by atoms with E-state index in [0.29, 0.717) is 6.42 Å². The van der Waals surface area contributed by atoms with Crippen LogP contribution in [0.25, 0.3) is 17.2 Å². The van der Waals surface area contributed by atoms with Gasteiger partial charge in [0.05, 0.1) is 12.3 Å². The van der Waals surface area contributed by atoms with Gasteiger partial charge in [-0.1, -0.05) is 38.1 Å². The van der Waals surface area contributed by atoms with Crippen LogP contribution in [0.4, 0.5) is 4.39 Å². The quantitative estimate of drug-likeness (QED) is 0.499. The third-order valence-electron chi connectivity index (χ3n) is 7.53. The molecule has 1 saturated heterocycles. The number of pyridine rings is 1. The minimum atomic E-state index is -1.26. The average molecular weight is 467 g/mol. The molecule has 1 amide bonds. The first-order valence-corrected chi connectivity index (χ1v) is 11.8. The van der Waals surface area contributed by atoms with Crippen LogP contribution in [0.3, 0.4) is 0 Å². The van der Waals surface area contributed by atoms with Gasteiger partial charge in [0.1, 0.15) is 11.9 Å². The molecule has 2 aromatic rings. The lowest BCUT2D eigenvalue weighted by Crippen LogP contribution is -2.56. The largest absolute Gasteiger partial charge is 0.461 e. The maximum Gasteiger partial charge on any atom is 0.322 e. The maximum absolute atomic E-state index is 13.5. The summed E-state index contributed by atoms with van der Waals surface area (Å²) in [6.07, 6.45) is 5.69. The number of amides is 1. The fraction of sp³-hybridized carbons (Fsp3) is 0.444. The van der Waals surface area contributed by atoms with Gasteiger partial charge in [0, 0.05) is 24.2 Å². The predicted octanol–water partition coefficient (Wildman–Crippen LogP) is 3.85. The summed E-state index contributed by atoms with van der Waals surface area (Å²) in [7, 11) is 0. The number of nitrogens with zero attached hydrogens (tertiary/aromatic N) is 1. The van der Waals surface area contributed by atoms with E-state index in [1.54, 1.807) is 12.3 Å². The van der Waals surface area contributed by atoms with Crippen LogP contribution in [-0.4, -0.2) is 41.2 Å². The molecule has 1 aliphatic carbocycles. The maximum atomic E-state index is 13.5. The van der Waals surface area contributed by atoms with Gasteiger partial charge in [0.15, 0.2) is 5.41 Å². The van der Waals surface area contributed by atoms with Gasteiger partial charge in [-0.3, -0.25) is 14.6 Å². The Morgan fingerprint density at radius 2 is 2.06 bits per heavy atom. The lowest BCUT2D eigenvalue weighted by atomic mass is 9.54. The van der Waals surface area contributed by atoms with Crippen molar-refractivity contribution in [2.24, 2.45) is 29.1 Å². The van der Waals surface area contributed by atoms with Crippen LogP contribution < -0.4 is 5.32 Å². The van der Waals surface area contributed by atoms with E-state index in [-0.39, 0.29) is 48.5 Å². The van der Waals surface area contributed by atoms with Crippen LogP contribution in [-0.2, 0) is 14.3 Å². The predicted molar refractivity (Wildman–Crippen MR) is 127 cm³/mol. The topological polar surface area (TPSA) is 88.5 Å². The van der Waals surface area contributed by atoms with Crippen molar-refractivity contribution in [3.63, 3.8) is 0 Å². The molecule has 180 valence electrons. The van der Waals surface area contributed by atoms with Crippen molar-refractivity contribution < 1.29 is 23.8 Å². The lowest BCUT2D eigenvalue weighted by molar-refractivity contribution is -0.157. The number of ether oxygens (including phenoxy) is 1. The minimum Gasteiger partial charge on any atom is -0.461 e. The van der Waals surface area contributed by atoms with Gasteiger partial charge in [-0.25, -0.2) is 4.39 Å². The SMILES string of the molecule is C[C@H]1[C@H](/C=C/c2ccc(-c3cccc(F)c3)cn2)[C@@H]2[C@@H](C)OC(=O)[C@]2(C(=O)NCCO)C[C@@H]1C. The van der Waals surface area contributed by atoms with E-state index >= 15 is 0 Å². The van der Waals surface area contributed by atoms with Gasteiger partial charge >= 0.3 is 5.97 Å². The van der Waals surface area contributed by atoms with Crippen molar-refractivity contribution in [3.05, 3.63) is 60.2 Å². The number of nitrogens with one attached hydrogen (secondary N) is 1. The standard InChI is InChI=1S/C27H31FN2O4/c1-16-14-27(25(32)29-11-12-31)24(18(3)34-26(27)33)23(17(16)2)10-9-22-8-7-20(15-30-22)19-5-4-6-21(28)13-19/h4-10,13,15-18,23-24,31H,11-12,14H2,1-3H3,(H,29,32)/b10-9+/t16-,17+,18+,23-,24-,27+/m0/s1. The summed E-state index contributed by atoms with van der Waals surface area (Å²) in [6.45, 7) is 5.96. The molecule has 0 bridgehead atoms. The number of hydrogen-bond acceptors (Lipinski definition) is 5. The molecule has 6 atom stereocenters. The second-order valence-electron chi connectivity index (χ2n) is 9.55. The minimum absolute atomic E-state index is 0.0743. The van der Waals surface area contributed by atoms with E-state index in [0.717, 1.165) is 16.8 Å². The van der Waals surface area contributed by atoms with Gasteiger partial charge in [-0.05, 0) is 60.9 Å². The number of aliphatic hydroxyl groups is 1. The summed E-state index contributed by atoms with van der Waals surface area (Å²) in [6, 6.07) is 10.1. The molecule has 1 aliphatic heterocycles. The molecule has 0 spiro atoms. The Labute approximate surface area is 199 Å². The molecule has 6 nitrogen and oxygen atoms in total. The monoisotopic (exact) mass is 466 g/mol. The highest BCUT2D eigenvalue weighted by molar-refractivity contribution is 6.04. The smallest absolute Gasteiger partial charge is 0.322 e. The Morgan fingerprint density at radius 3 is 2.74 bits per heavy atom. The number of cyclic esters (lactones) is 1. The summed E-state index contributed by atoms with van der Waals surface area (Å²) in [5.41, 5.74) is 1.05. The Hall–Kier alpha value is -3.06. The molecule has 2 N–H and O–H groups in total. The second-order valence-corrected chi connectivity index (χ2v) is 9.55. The number of halogens is 1. The average Bonchev–Trinajstić information content (AvgIpc) is 3.08. The van der Waals surface area contributed by atoms with E-state index in [9.17, 15) is 14.0 Å². The summed E-state index contributed by atoms with van der Waals surface area (Å²) in [5.74, 6) is -1.18. The van der Waals surface area contributed by atoms with Crippen LogP contribution in [0.5, 0.6) is 0 Å². The van der Waals surface area contributed by atoms with E-state index in [1.165, 1.54) is 12.1 Å². The summed E-state index contributed by atoms with van der Waals surface area (Å²) >= 11 is 0. The molecule has 2 aliphatic rings. The number of benzene rings is 1. The molecule has 2 fully saturated rings. The molecule has 7 heteroatoms. The Kier molecular flexibility index (Phi) is 6.84. The van der Waals surface area contributed by atoms with E-state index in [1.807, 2.05) is 37.3 Å². The molecule has 0 radical (unpaired) electrons. The fourth-order valence-corrected chi connectivity index (χ4v) is 5.66. The first-order chi connectivity index (χ1) is 16.3. The normalized spacial score (nSPS) is 30.7. The molecular formula is C27H31FN2O4. The summed E-state index contributed by atoms with van der Waals surface area (Å²) in [4.78, 5) is 30.7. The van der Waals surface area contributed by atoms with Gasteiger partial charge < -0.3 is 15.2 Å². The van der Waals surface area contributed by atoms with Crippen molar-refractivity contribution in [1.82, 2.24) is 10.3 Å². The number of esters is 1. The van der Waals surface area contributed by atoms with Crippen molar-refractivity contribution in [1.29, 1.82) is 0 Å². The molecule has 34 heavy (non-hydrogen) atoms. The number of aromatic nitrogens is 1. The third kappa shape index (κ3) is 4.25. The Morgan fingerprint density at radius 1 is 1.26 bits per heavy atom. The van der Waals surface area contributed by atoms with Crippen LogP contribution in [0.2, 0.25) is 0 Å². The molecule has 1 aromatic carbocycles. The molecule has 1 saturated carbocycles. The lowest BCUT2D eigenvalue weighted by Gasteiger charge is -2.46. The molecule has 2 heterocycles. The van der Waals surface area contributed by atoms with E-state index in [4.69, 9.17) is 9.84 Å². The Balaban J connectivity index is 1.62. The van der Waals surface area contributed by atoms with E-state index in [2.05, 4.69) is 24.1 Å². The van der Waals surface area contributed by atoms with E-state index < -0.39 is 17.5 Å². The molecule has 0 unspecified atom stereocenters. The van der Waals surface area contributed by atoms with Gasteiger partial charge in [0.25, 0.3) is 0 Å². The van der Waals surface area contributed by atoms with Crippen molar-refractivity contribution in [3.8, 4) is 11.1 Å². The molecular weight excluding hydrogens is 435 g/mol.